The number of esters is 1. The Bertz CT molecular complexity index is 449. The van der Waals surface area contributed by atoms with Gasteiger partial charge in [-0.15, -0.1) is 0 Å². The Morgan fingerprint density at radius 3 is 2.75 bits per heavy atom. The summed E-state index contributed by atoms with van der Waals surface area (Å²) in [5.74, 6) is -0.350. The topological polar surface area (TPSA) is 50.1 Å². The summed E-state index contributed by atoms with van der Waals surface area (Å²) in [5.41, 5.74) is 2.71. The molecule has 84 valence electrons. The Hall–Kier alpha value is -1.34. The van der Waals surface area contributed by atoms with Gasteiger partial charge in [-0.3, -0.25) is 0 Å². The van der Waals surface area contributed by atoms with Crippen LogP contribution in [-0.4, -0.2) is 12.6 Å². The van der Waals surface area contributed by atoms with E-state index >= 15 is 0 Å². The Morgan fingerprint density at radius 2 is 2.25 bits per heavy atom. The van der Waals surface area contributed by atoms with Crippen LogP contribution >= 0.6 is 15.9 Å². The van der Waals surface area contributed by atoms with Gasteiger partial charge in [-0.1, -0.05) is 15.9 Å². The minimum absolute atomic E-state index is 0.349. The molecule has 0 heterocycles. The molecule has 0 aromatic heterocycles. The number of hydrogen-bond donors (Lipinski definition) is 0. The molecule has 0 radical (unpaired) electrons. The van der Waals surface area contributed by atoms with Gasteiger partial charge < -0.3 is 4.74 Å². The van der Waals surface area contributed by atoms with Gasteiger partial charge in [-0.05, 0) is 37.1 Å². The van der Waals surface area contributed by atoms with Crippen LogP contribution in [0.4, 0.5) is 0 Å². The molecule has 0 spiro atoms. The van der Waals surface area contributed by atoms with E-state index in [2.05, 4.69) is 22.0 Å². The molecule has 1 aromatic carbocycles. The highest BCUT2D eigenvalue weighted by Gasteiger charge is 2.12. The number of benzene rings is 1. The van der Waals surface area contributed by atoms with E-state index in [9.17, 15) is 4.79 Å². The predicted molar refractivity (Wildman–Crippen MR) is 64.5 cm³/mol. The minimum atomic E-state index is -0.350. The molecule has 0 atom stereocenters. The van der Waals surface area contributed by atoms with E-state index in [0.717, 1.165) is 11.1 Å². The van der Waals surface area contributed by atoms with Crippen LogP contribution in [-0.2, 0) is 10.1 Å². The average molecular weight is 282 g/mol. The largest absolute Gasteiger partial charge is 0.462 e. The molecule has 0 aliphatic rings. The van der Waals surface area contributed by atoms with Crippen molar-refractivity contribution in [2.45, 2.75) is 19.2 Å². The summed E-state index contributed by atoms with van der Waals surface area (Å²) in [5, 5.41) is 9.52. The normalized spacial score (nSPS) is 9.62. The third-order valence-corrected chi connectivity index (χ3v) is 2.79. The molecule has 1 aromatic rings. The smallest absolute Gasteiger partial charge is 0.338 e. The number of rotatable bonds is 3. The summed E-state index contributed by atoms with van der Waals surface area (Å²) < 4.78 is 4.92. The van der Waals surface area contributed by atoms with Crippen molar-refractivity contribution in [2.75, 3.05) is 6.61 Å². The number of carbonyl (C=O) groups excluding carboxylic acids is 1. The highest BCUT2D eigenvalue weighted by Crippen LogP contribution is 2.19. The van der Waals surface area contributed by atoms with E-state index in [0.29, 0.717) is 23.1 Å². The molecular weight excluding hydrogens is 270 g/mol. The van der Waals surface area contributed by atoms with Gasteiger partial charge in [0.1, 0.15) is 0 Å². The quantitative estimate of drug-likeness (QED) is 0.632. The number of halogens is 1. The Morgan fingerprint density at radius 1 is 1.56 bits per heavy atom. The summed E-state index contributed by atoms with van der Waals surface area (Å²) in [6, 6.07) is 5.51. The summed E-state index contributed by atoms with van der Waals surface area (Å²) in [4.78, 5) is 11.5. The highest BCUT2D eigenvalue weighted by molar-refractivity contribution is 9.08. The number of ether oxygens (including phenoxy) is 1. The maximum absolute atomic E-state index is 11.5. The fraction of sp³-hybridized carbons (Fsp3) is 0.333. The molecule has 1 rings (SSSR count). The fourth-order valence-electron chi connectivity index (χ4n) is 1.46. The van der Waals surface area contributed by atoms with Crippen LogP contribution in [0.3, 0.4) is 0 Å². The second-order valence-corrected chi connectivity index (χ2v) is 3.85. The van der Waals surface area contributed by atoms with Gasteiger partial charge in [0.2, 0.25) is 0 Å². The van der Waals surface area contributed by atoms with Gasteiger partial charge in [0.25, 0.3) is 0 Å². The van der Waals surface area contributed by atoms with Gasteiger partial charge in [-0.2, -0.15) is 5.26 Å². The highest BCUT2D eigenvalue weighted by atomic mass is 79.9. The zero-order valence-corrected chi connectivity index (χ0v) is 10.8. The lowest BCUT2D eigenvalue weighted by Gasteiger charge is -2.08. The second kappa shape index (κ2) is 5.66. The first-order chi connectivity index (χ1) is 7.63. The lowest BCUT2D eigenvalue weighted by molar-refractivity contribution is 0.0526. The number of carbonyl (C=O) groups is 1. The van der Waals surface area contributed by atoms with Gasteiger partial charge in [0.15, 0.2) is 0 Å². The Kier molecular flexibility index (Phi) is 4.51. The van der Waals surface area contributed by atoms with E-state index in [1.807, 2.05) is 6.92 Å². The molecule has 0 aliphatic heterocycles. The van der Waals surface area contributed by atoms with E-state index in [1.54, 1.807) is 19.1 Å². The van der Waals surface area contributed by atoms with Gasteiger partial charge in [0.05, 0.1) is 23.8 Å². The van der Waals surface area contributed by atoms with Crippen molar-refractivity contribution < 1.29 is 9.53 Å². The SMILES string of the molecule is CCOC(=O)c1cc(C)c(C#N)c(CBr)c1. The standard InChI is InChI=1S/C12H12BrNO2/c1-3-16-12(15)9-4-8(2)11(7-14)10(5-9)6-13/h4-5H,3,6H2,1-2H3. The van der Waals surface area contributed by atoms with Gasteiger partial charge in [-0.25, -0.2) is 4.79 Å². The molecule has 0 fully saturated rings. The molecule has 4 heteroatoms. The summed E-state index contributed by atoms with van der Waals surface area (Å²) in [7, 11) is 0. The molecule has 0 saturated heterocycles. The van der Waals surface area contributed by atoms with Crippen molar-refractivity contribution in [3.63, 3.8) is 0 Å². The van der Waals surface area contributed by atoms with Crippen LogP contribution in [0.25, 0.3) is 0 Å². The first kappa shape index (κ1) is 12.7. The van der Waals surface area contributed by atoms with E-state index in [1.165, 1.54) is 0 Å². The predicted octanol–water partition coefficient (Wildman–Crippen LogP) is 2.94. The third-order valence-electron chi connectivity index (χ3n) is 2.18. The van der Waals surface area contributed by atoms with Gasteiger partial charge >= 0.3 is 5.97 Å². The lowest BCUT2D eigenvalue weighted by Crippen LogP contribution is -2.06. The number of alkyl halides is 1. The van der Waals surface area contributed by atoms with E-state index in [-0.39, 0.29) is 5.97 Å². The third kappa shape index (κ3) is 2.61. The Balaban J connectivity index is 3.21. The van der Waals surface area contributed by atoms with Crippen molar-refractivity contribution in [1.29, 1.82) is 5.26 Å². The number of nitrogens with zero attached hydrogens (tertiary/aromatic N) is 1. The van der Waals surface area contributed by atoms with E-state index in [4.69, 9.17) is 10.00 Å². The molecule has 0 saturated carbocycles. The van der Waals surface area contributed by atoms with Crippen molar-refractivity contribution in [3.8, 4) is 6.07 Å². The fourth-order valence-corrected chi connectivity index (χ4v) is 1.90. The summed E-state index contributed by atoms with van der Waals surface area (Å²) in [6.45, 7) is 3.93. The van der Waals surface area contributed by atoms with Crippen molar-refractivity contribution in [1.82, 2.24) is 0 Å². The van der Waals surface area contributed by atoms with Crippen LogP contribution in [0.5, 0.6) is 0 Å². The zero-order chi connectivity index (χ0) is 12.1. The second-order valence-electron chi connectivity index (χ2n) is 3.29. The first-order valence-corrected chi connectivity index (χ1v) is 6.02. The molecule has 3 nitrogen and oxygen atoms in total. The monoisotopic (exact) mass is 281 g/mol. The molecule has 0 aliphatic carbocycles. The van der Waals surface area contributed by atoms with Crippen molar-refractivity contribution in [2.24, 2.45) is 0 Å². The maximum Gasteiger partial charge on any atom is 0.338 e. The summed E-state index contributed by atoms with van der Waals surface area (Å²) >= 11 is 3.30. The van der Waals surface area contributed by atoms with E-state index < -0.39 is 0 Å². The maximum atomic E-state index is 11.5. The lowest BCUT2D eigenvalue weighted by atomic mass is 10.0. The molecule has 0 bridgehead atoms. The van der Waals surface area contributed by atoms with Crippen molar-refractivity contribution >= 4 is 21.9 Å². The number of nitriles is 1. The Labute approximate surface area is 103 Å². The molecular formula is C12H12BrNO2. The summed E-state index contributed by atoms with van der Waals surface area (Å²) in [6.07, 6.45) is 0. The van der Waals surface area contributed by atoms with Gasteiger partial charge in [0, 0.05) is 5.33 Å². The van der Waals surface area contributed by atoms with Crippen LogP contribution in [0.1, 0.15) is 34.0 Å². The van der Waals surface area contributed by atoms with Crippen LogP contribution in [0.2, 0.25) is 0 Å². The molecule has 0 unspecified atom stereocenters. The van der Waals surface area contributed by atoms with Crippen molar-refractivity contribution in [3.05, 3.63) is 34.4 Å². The molecule has 0 N–H and O–H groups in total. The first-order valence-electron chi connectivity index (χ1n) is 4.90. The molecule has 16 heavy (non-hydrogen) atoms. The number of hydrogen-bond acceptors (Lipinski definition) is 3. The average Bonchev–Trinajstić information content (AvgIpc) is 2.28. The van der Waals surface area contributed by atoms with Crippen LogP contribution in [0, 0.1) is 18.3 Å². The minimum Gasteiger partial charge on any atom is -0.462 e. The zero-order valence-electron chi connectivity index (χ0n) is 9.21. The van der Waals surface area contributed by atoms with Crippen LogP contribution in [0.15, 0.2) is 12.1 Å². The number of aryl methyl sites for hydroxylation is 1. The molecule has 0 amide bonds. The van der Waals surface area contributed by atoms with Crippen LogP contribution < -0.4 is 0 Å².